The highest BCUT2D eigenvalue weighted by molar-refractivity contribution is 6.05. The van der Waals surface area contributed by atoms with Crippen LogP contribution in [0, 0.1) is 0 Å². The summed E-state index contributed by atoms with van der Waals surface area (Å²) in [6, 6.07) is 5.71. The average molecular weight is 524 g/mol. The first-order valence-corrected chi connectivity index (χ1v) is 12.8. The number of rotatable bonds is 11. The Morgan fingerprint density at radius 2 is 2.13 bits per heavy atom. The molecule has 0 spiro atoms. The number of hydrogen-bond acceptors (Lipinski definition) is 8. The van der Waals surface area contributed by atoms with E-state index in [1.165, 1.54) is 5.06 Å². The highest BCUT2D eigenvalue weighted by atomic mass is 16.7. The van der Waals surface area contributed by atoms with Crippen LogP contribution in [0.25, 0.3) is 11.6 Å². The second kappa shape index (κ2) is 14.2. The number of nitrogens with zero attached hydrogens (tertiary/aromatic N) is 4. The van der Waals surface area contributed by atoms with Gasteiger partial charge in [0.1, 0.15) is 17.8 Å². The van der Waals surface area contributed by atoms with E-state index in [1.54, 1.807) is 12.3 Å². The second-order valence-corrected chi connectivity index (χ2v) is 9.07. The largest absolute Gasteiger partial charge is 0.446 e. The van der Waals surface area contributed by atoms with E-state index in [9.17, 15) is 9.59 Å². The Kier molecular flexibility index (Phi) is 10.7. The number of nitrogens with one attached hydrogen (secondary N) is 1. The van der Waals surface area contributed by atoms with Crippen LogP contribution in [-0.2, 0) is 14.4 Å². The molecule has 1 aromatic carbocycles. The quantitative estimate of drug-likeness (QED) is 0.175. The van der Waals surface area contributed by atoms with Crippen molar-refractivity contribution in [2.24, 2.45) is 26.4 Å². The molecule has 3 rings (SSSR count). The lowest BCUT2D eigenvalue weighted by atomic mass is 9.96. The van der Waals surface area contributed by atoms with Gasteiger partial charge in [0.2, 0.25) is 0 Å². The van der Waals surface area contributed by atoms with E-state index in [2.05, 4.69) is 27.0 Å². The fourth-order valence-electron chi connectivity index (χ4n) is 3.76. The van der Waals surface area contributed by atoms with Crippen molar-refractivity contribution >= 4 is 47.7 Å². The lowest BCUT2D eigenvalue weighted by Crippen LogP contribution is -2.38. The van der Waals surface area contributed by atoms with Crippen LogP contribution >= 0.6 is 0 Å². The van der Waals surface area contributed by atoms with Crippen molar-refractivity contribution in [1.29, 1.82) is 0 Å². The Morgan fingerprint density at radius 3 is 2.79 bits per heavy atom. The molecule has 0 aromatic heterocycles. The van der Waals surface area contributed by atoms with Gasteiger partial charge in [0, 0.05) is 36.8 Å². The molecular weight excluding hydrogens is 486 g/mol. The molecule has 1 saturated carbocycles. The van der Waals surface area contributed by atoms with Crippen molar-refractivity contribution in [2.45, 2.75) is 52.1 Å². The minimum Gasteiger partial charge on any atom is -0.446 e. The lowest BCUT2D eigenvalue weighted by molar-refractivity contribution is -0.181. The van der Waals surface area contributed by atoms with Gasteiger partial charge in [-0.2, -0.15) is 0 Å². The molecule has 38 heavy (non-hydrogen) atoms. The van der Waals surface area contributed by atoms with Crippen molar-refractivity contribution in [3.05, 3.63) is 41.1 Å². The van der Waals surface area contributed by atoms with Gasteiger partial charge in [-0.05, 0) is 62.6 Å². The first-order valence-electron chi connectivity index (χ1n) is 12.8. The Bertz CT molecular complexity index is 1150. The number of nitrogens with two attached hydrogens (primary N) is 2. The summed E-state index contributed by atoms with van der Waals surface area (Å²) < 4.78 is 5.26. The third-order valence-corrected chi connectivity index (χ3v) is 6.10. The molecule has 0 unspecified atom stereocenters. The summed E-state index contributed by atoms with van der Waals surface area (Å²) in [5.74, 6) is 0.463. The number of amidine groups is 2. The van der Waals surface area contributed by atoms with Crippen LogP contribution in [0.1, 0.15) is 57.1 Å². The summed E-state index contributed by atoms with van der Waals surface area (Å²) in [5, 5.41) is 3.97. The standard InChI is InChI=1S/C27H37N7O4/c1-4-11-34(37-12-10-31-27(36)38-22-6-5-7-22)26(35)21-13-20-9-8-19(14-23(20)33-24(29)15-21)18(2)17-32-25(16-28)30-3/h8-9,13-14,17,22H,3-7,10-12,15-16,28H2,1-2H3,(H2,29,33)(H,31,36)/b18-17+,32-25?. The van der Waals surface area contributed by atoms with Crippen molar-refractivity contribution in [2.75, 3.05) is 26.2 Å². The van der Waals surface area contributed by atoms with Gasteiger partial charge >= 0.3 is 6.09 Å². The number of benzene rings is 1. The molecule has 1 fully saturated rings. The fourth-order valence-corrected chi connectivity index (χ4v) is 3.76. The molecule has 1 aromatic rings. The fraction of sp³-hybridized carbons (Fsp3) is 0.444. The summed E-state index contributed by atoms with van der Waals surface area (Å²) in [6.07, 6.45) is 6.78. The van der Waals surface area contributed by atoms with Crippen LogP contribution in [0.5, 0.6) is 0 Å². The van der Waals surface area contributed by atoms with Gasteiger partial charge in [0.15, 0.2) is 0 Å². The number of allylic oxidation sites excluding steroid dienone is 1. The summed E-state index contributed by atoms with van der Waals surface area (Å²) in [7, 11) is 0. The Morgan fingerprint density at radius 1 is 1.34 bits per heavy atom. The second-order valence-electron chi connectivity index (χ2n) is 9.07. The van der Waals surface area contributed by atoms with Gasteiger partial charge in [0.25, 0.3) is 5.91 Å². The molecule has 0 bridgehead atoms. The highest BCUT2D eigenvalue weighted by Crippen LogP contribution is 2.30. The van der Waals surface area contributed by atoms with Crippen molar-refractivity contribution in [3.63, 3.8) is 0 Å². The van der Waals surface area contributed by atoms with Crippen molar-refractivity contribution < 1.29 is 19.2 Å². The smallest absolute Gasteiger partial charge is 0.407 e. The summed E-state index contributed by atoms with van der Waals surface area (Å²) >= 11 is 0. The maximum absolute atomic E-state index is 13.4. The van der Waals surface area contributed by atoms with E-state index in [0.717, 1.165) is 36.0 Å². The van der Waals surface area contributed by atoms with Gasteiger partial charge in [-0.3, -0.25) is 9.63 Å². The summed E-state index contributed by atoms with van der Waals surface area (Å²) in [6.45, 7) is 8.26. The number of fused-ring (bicyclic) bond motifs is 1. The minimum absolute atomic E-state index is 0.00866. The Labute approximate surface area is 223 Å². The molecule has 0 radical (unpaired) electrons. The van der Waals surface area contributed by atoms with Crippen LogP contribution in [0.2, 0.25) is 0 Å². The van der Waals surface area contributed by atoms with Crippen molar-refractivity contribution in [1.82, 2.24) is 10.4 Å². The van der Waals surface area contributed by atoms with Gasteiger partial charge in [-0.15, -0.1) is 0 Å². The topological polar surface area (TPSA) is 157 Å². The number of hydroxylamine groups is 2. The summed E-state index contributed by atoms with van der Waals surface area (Å²) in [5.41, 5.74) is 15.4. The number of ether oxygens (including phenoxy) is 1. The zero-order valence-electron chi connectivity index (χ0n) is 22.1. The molecule has 11 heteroatoms. The molecule has 204 valence electrons. The normalized spacial score (nSPS) is 15.9. The average Bonchev–Trinajstić information content (AvgIpc) is 3.05. The maximum Gasteiger partial charge on any atom is 0.407 e. The van der Waals surface area contributed by atoms with E-state index >= 15 is 0 Å². The number of aliphatic imine (C=N–C) groups is 3. The number of alkyl carbamates (subject to hydrolysis) is 1. The predicted octanol–water partition coefficient (Wildman–Crippen LogP) is 3.33. The Balaban J connectivity index is 1.69. The minimum atomic E-state index is -0.466. The van der Waals surface area contributed by atoms with Crippen molar-refractivity contribution in [3.8, 4) is 0 Å². The third kappa shape index (κ3) is 8.09. The monoisotopic (exact) mass is 523 g/mol. The molecule has 1 heterocycles. The lowest BCUT2D eigenvalue weighted by Gasteiger charge is -2.25. The van der Waals surface area contributed by atoms with E-state index in [0.29, 0.717) is 35.9 Å². The first-order chi connectivity index (χ1) is 18.3. The molecule has 1 aliphatic heterocycles. The summed E-state index contributed by atoms with van der Waals surface area (Å²) in [4.78, 5) is 43.5. The third-order valence-electron chi connectivity index (χ3n) is 6.10. The van der Waals surface area contributed by atoms with Gasteiger partial charge < -0.3 is 21.5 Å². The van der Waals surface area contributed by atoms with E-state index in [1.807, 2.05) is 32.0 Å². The zero-order valence-corrected chi connectivity index (χ0v) is 22.1. The predicted molar refractivity (Wildman–Crippen MR) is 150 cm³/mol. The van der Waals surface area contributed by atoms with Crippen LogP contribution in [0.15, 0.2) is 44.9 Å². The van der Waals surface area contributed by atoms with E-state index < -0.39 is 6.09 Å². The first kappa shape index (κ1) is 28.7. The molecule has 1 aliphatic carbocycles. The Hall–Kier alpha value is -3.83. The molecule has 0 saturated heterocycles. The molecule has 0 atom stereocenters. The number of carbonyl (C=O) groups is 2. The molecule has 2 amide bonds. The SMILES string of the molecule is C=NC(CN)=N/C=C(\C)c1ccc2c(c1)N=C(N)CC(C(=O)N(CCC)OCCNC(=O)OC1CCC1)=C2. The van der Waals surface area contributed by atoms with E-state index in [-0.39, 0.29) is 38.1 Å². The number of amides is 2. The van der Waals surface area contributed by atoms with Crippen LogP contribution < -0.4 is 16.8 Å². The number of hydrogen-bond donors (Lipinski definition) is 3. The van der Waals surface area contributed by atoms with Gasteiger partial charge in [-0.25, -0.2) is 24.8 Å². The van der Waals surface area contributed by atoms with Crippen LogP contribution in [0.4, 0.5) is 10.5 Å². The van der Waals surface area contributed by atoms with Gasteiger partial charge in [0.05, 0.1) is 18.8 Å². The molecular formula is C27H37N7O4. The molecule has 11 nitrogen and oxygen atoms in total. The van der Waals surface area contributed by atoms with Crippen LogP contribution in [0.3, 0.4) is 0 Å². The molecule has 5 N–H and O–H groups in total. The number of carbonyl (C=O) groups excluding carboxylic acids is 2. The zero-order chi connectivity index (χ0) is 27.5. The highest BCUT2D eigenvalue weighted by Gasteiger charge is 2.23. The maximum atomic E-state index is 13.4. The van der Waals surface area contributed by atoms with Crippen LogP contribution in [-0.4, -0.2) is 67.8 Å². The molecule has 2 aliphatic rings. The van der Waals surface area contributed by atoms with Gasteiger partial charge in [-0.1, -0.05) is 19.1 Å². The van der Waals surface area contributed by atoms with E-state index in [4.69, 9.17) is 21.0 Å².